The van der Waals surface area contributed by atoms with Gasteiger partial charge in [-0.1, -0.05) is 20.8 Å². The number of nitrogens with zero attached hydrogens (tertiary/aromatic N) is 3. The summed E-state index contributed by atoms with van der Waals surface area (Å²) in [6, 6.07) is 9.15. The predicted molar refractivity (Wildman–Crippen MR) is 149 cm³/mol. The summed E-state index contributed by atoms with van der Waals surface area (Å²) in [5.74, 6) is 0.792. The molecule has 10 heteroatoms. The van der Waals surface area contributed by atoms with Gasteiger partial charge >= 0.3 is 12.3 Å². The Morgan fingerprint density at radius 2 is 1.75 bits per heavy atom. The SMILES string of the molecule is CCCOC(=O)N(CCC)CCC.Cc1cc(OC2CCC(Nc3ccc(C#N)c(C(F)(F)F)c3)CC2)ccn1. The van der Waals surface area contributed by atoms with Gasteiger partial charge < -0.3 is 19.7 Å². The lowest BCUT2D eigenvalue weighted by Gasteiger charge is -2.30. The number of halogens is 3. The van der Waals surface area contributed by atoms with E-state index in [1.165, 1.54) is 12.1 Å². The number of pyridine rings is 1. The number of benzene rings is 1. The third kappa shape index (κ3) is 10.9. The molecule has 1 fully saturated rings. The third-order valence-corrected chi connectivity index (χ3v) is 6.34. The van der Waals surface area contributed by atoms with E-state index in [2.05, 4.69) is 24.1 Å². The molecule has 1 aliphatic rings. The zero-order valence-corrected chi connectivity index (χ0v) is 23.9. The van der Waals surface area contributed by atoms with Crippen LogP contribution in [0, 0.1) is 18.3 Å². The molecule has 1 heterocycles. The Bertz CT molecular complexity index is 1090. The molecule has 0 spiro atoms. The largest absolute Gasteiger partial charge is 0.490 e. The van der Waals surface area contributed by atoms with Crippen LogP contribution in [0.2, 0.25) is 0 Å². The summed E-state index contributed by atoms with van der Waals surface area (Å²) in [5, 5.41) is 12.0. The molecule has 2 aromatic rings. The van der Waals surface area contributed by atoms with Crippen LogP contribution >= 0.6 is 0 Å². The van der Waals surface area contributed by atoms with Gasteiger partial charge in [-0.3, -0.25) is 4.98 Å². The second-order valence-corrected chi connectivity index (χ2v) is 9.84. The van der Waals surface area contributed by atoms with Crippen LogP contribution in [-0.2, 0) is 10.9 Å². The number of aromatic nitrogens is 1. The Hall–Kier alpha value is -3.48. The van der Waals surface area contributed by atoms with Gasteiger partial charge in [0.2, 0.25) is 0 Å². The summed E-state index contributed by atoms with van der Waals surface area (Å²) in [6.45, 7) is 10.2. The average Bonchev–Trinajstić information content (AvgIpc) is 2.92. The quantitative estimate of drug-likeness (QED) is 0.319. The molecule has 3 rings (SSSR count). The van der Waals surface area contributed by atoms with E-state index in [4.69, 9.17) is 14.7 Å². The molecule has 0 saturated heterocycles. The number of rotatable bonds is 10. The van der Waals surface area contributed by atoms with Gasteiger partial charge in [0.1, 0.15) is 5.75 Å². The molecule has 1 aromatic carbocycles. The van der Waals surface area contributed by atoms with Gasteiger partial charge in [0.15, 0.2) is 0 Å². The molecule has 0 aliphatic heterocycles. The average molecular weight is 563 g/mol. The smallest absolute Gasteiger partial charge is 0.417 e. The third-order valence-electron chi connectivity index (χ3n) is 6.34. The van der Waals surface area contributed by atoms with Crippen LogP contribution < -0.4 is 10.1 Å². The topological polar surface area (TPSA) is 87.5 Å². The standard InChI is InChI=1S/C20H20F3N3O.C10H21NO2/c1-13-10-18(8-9-25-13)27-17-6-4-15(5-7-17)26-16-3-2-14(12-24)19(11-16)20(21,22)23;1-4-7-11(8-5-2)10(12)13-9-6-3/h2-3,8-11,15,17,26H,4-7H2,1H3;4-9H2,1-3H3. The maximum atomic E-state index is 13.1. The van der Waals surface area contributed by atoms with Crippen molar-refractivity contribution in [1.29, 1.82) is 5.26 Å². The van der Waals surface area contributed by atoms with Crippen LogP contribution in [0.4, 0.5) is 23.7 Å². The summed E-state index contributed by atoms with van der Waals surface area (Å²) in [4.78, 5) is 17.3. The van der Waals surface area contributed by atoms with Crippen LogP contribution in [0.3, 0.4) is 0 Å². The van der Waals surface area contributed by atoms with Crippen molar-refractivity contribution in [2.75, 3.05) is 25.0 Å². The van der Waals surface area contributed by atoms with Gasteiger partial charge in [0.05, 0.1) is 29.9 Å². The number of ether oxygens (including phenoxy) is 2. The molecule has 1 aromatic heterocycles. The second-order valence-electron chi connectivity index (χ2n) is 9.84. The van der Waals surface area contributed by atoms with Gasteiger partial charge in [-0.05, 0) is 76.1 Å². The Kier molecular flexibility index (Phi) is 13.6. The number of hydrogen-bond donors (Lipinski definition) is 1. The van der Waals surface area contributed by atoms with Crippen LogP contribution in [0.5, 0.6) is 5.75 Å². The fourth-order valence-corrected chi connectivity index (χ4v) is 4.43. The number of carbonyl (C=O) groups is 1. The summed E-state index contributed by atoms with van der Waals surface area (Å²) < 4.78 is 50.3. The fourth-order valence-electron chi connectivity index (χ4n) is 4.43. The first-order chi connectivity index (χ1) is 19.1. The molecular formula is C30H41F3N4O3. The van der Waals surface area contributed by atoms with E-state index < -0.39 is 11.7 Å². The van der Waals surface area contributed by atoms with E-state index in [1.807, 2.05) is 26.0 Å². The highest BCUT2D eigenvalue weighted by atomic mass is 19.4. The number of amides is 1. The monoisotopic (exact) mass is 562 g/mol. The Morgan fingerprint density at radius 3 is 2.30 bits per heavy atom. The van der Waals surface area contributed by atoms with Gasteiger partial charge in [-0.2, -0.15) is 18.4 Å². The minimum atomic E-state index is -4.54. The maximum absolute atomic E-state index is 13.1. The number of nitrogens with one attached hydrogen (secondary N) is 1. The van der Waals surface area contributed by atoms with E-state index in [-0.39, 0.29) is 23.8 Å². The van der Waals surface area contributed by atoms with Crippen molar-refractivity contribution in [2.45, 2.75) is 91.0 Å². The number of alkyl halides is 3. The second kappa shape index (κ2) is 16.6. The molecule has 7 nitrogen and oxygen atoms in total. The van der Waals surface area contributed by atoms with E-state index in [0.717, 1.165) is 75.5 Å². The first kappa shape index (κ1) is 32.7. The van der Waals surface area contributed by atoms with Crippen molar-refractivity contribution in [2.24, 2.45) is 0 Å². The number of anilines is 1. The van der Waals surface area contributed by atoms with Gasteiger partial charge in [0.25, 0.3) is 0 Å². The molecular weight excluding hydrogens is 521 g/mol. The lowest BCUT2D eigenvalue weighted by molar-refractivity contribution is -0.137. The molecule has 0 radical (unpaired) electrons. The molecule has 0 unspecified atom stereocenters. The molecule has 220 valence electrons. The predicted octanol–water partition coefficient (Wildman–Crippen LogP) is 7.74. The molecule has 40 heavy (non-hydrogen) atoms. The number of hydrogen-bond acceptors (Lipinski definition) is 6. The van der Waals surface area contributed by atoms with E-state index in [9.17, 15) is 18.0 Å². The first-order valence-corrected chi connectivity index (χ1v) is 14.0. The molecule has 1 saturated carbocycles. The zero-order valence-electron chi connectivity index (χ0n) is 23.9. The normalized spacial score (nSPS) is 16.6. The lowest BCUT2D eigenvalue weighted by Crippen LogP contribution is -2.33. The number of carbonyl (C=O) groups excluding carboxylic acids is 1. The van der Waals surface area contributed by atoms with Crippen LogP contribution in [-0.4, -0.2) is 47.8 Å². The first-order valence-electron chi connectivity index (χ1n) is 14.0. The van der Waals surface area contributed by atoms with Crippen molar-refractivity contribution < 1.29 is 27.4 Å². The highest BCUT2D eigenvalue weighted by Crippen LogP contribution is 2.34. The van der Waals surface area contributed by atoms with E-state index in [0.29, 0.717) is 12.3 Å². The fraction of sp³-hybridized carbons (Fsp3) is 0.567. The summed E-state index contributed by atoms with van der Waals surface area (Å²) in [5.41, 5.74) is 0.0115. The summed E-state index contributed by atoms with van der Waals surface area (Å²) in [6.07, 6.45) is 3.20. The molecule has 1 N–H and O–H groups in total. The molecule has 0 atom stereocenters. The van der Waals surface area contributed by atoms with E-state index >= 15 is 0 Å². The summed E-state index contributed by atoms with van der Waals surface area (Å²) >= 11 is 0. The zero-order chi connectivity index (χ0) is 29.5. The van der Waals surface area contributed by atoms with Crippen LogP contribution in [0.1, 0.15) is 82.5 Å². The van der Waals surface area contributed by atoms with Crippen molar-refractivity contribution in [1.82, 2.24) is 9.88 Å². The summed E-state index contributed by atoms with van der Waals surface area (Å²) in [7, 11) is 0. The van der Waals surface area contributed by atoms with Crippen molar-refractivity contribution >= 4 is 11.8 Å². The van der Waals surface area contributed by atoms with Crippen molar-refractivity contribution in [3.05, 3.63) is 53.3 Å². The van der Waals surface area contributed by atoms with E-state index in [1.54, 1.807) is 17.2 Å². The van der Waals surface area contributed by atoms with Crippen molar-refractivity contribution in [3.63, 3.8) is 0 Å². The van der Waals surface area contributed by atoms with Crippen molar-refractivity contribution in [3.8, 4) is 11.8 Å². The number of nitriles is 1. The molecule has 1 amide bonds. The lowest BCUT2D eigenvalue weighted by atomic mass is 9.92. The Balaban J connectivity index is 0.000000366. The van der Waals surface area contributed by atoms with Gasteiger partial charge in [0, 0.05) is 42.8 Å². The number of aryl methyl sites for hydroxylation is 1. The highest BCUT2D eigenvalue weighted by Gasteiger charge is 2.34. The molecule has 1 aliphatic carbocycles. The maximum Gasteiger partial charge on any atom is 0.417 e. The highest BCUT2D eigenvalue weighted by molar-refractivity contribution is 5.67. The van der Waals surface area contributed by atoms with Gasteiger partial charge in [-0.15, -0.1) is 0 Å². The Morgan fingerprint density at radius 1 is 1.07 bits per heavy atom. The Labute approximate surface area is 235 Å². The minimum Gasteiger partial charge on any atom is -0.490 e. The van der Waals surface area contributed by atoms with Gasteiger partial charge in [-0.25, -0.2) is 4.79 Å². The molecule has 0 bridgehead atoms. The van der Waals surface area contributed by atoms with Crippen LogP contribution in [0.15, 0.2) is 36.5 Å². The minimum absolute atomic E-state index is 0.0815. The van der Waals surface area contributed by atoms with Crippen LogP contribution in [0.25, 0.3) is 0 Å².